The van der Waals surface area contributed by atoms with Gasteiger partial charge in [0.15, 0.2) is 0 Å². The zero-order chi connectivity index (χ0) is 18.4. The number of hydrogen-bond acceptors (Lipinski definition) is 3. The molecule has 5 nitrogen and oxygen atoms in total. The summed E-state index contributed by atoms with van der Waals surface area (Å²) >= 11 is 0. The fraction of sp³-hybridized carbons (Fsp3) is 0.600. The molecule has 1 heterocycles. The van der Waals surface area contributed by atoms with E-state index in [1.54, 1.807) is 11.9 Å². The van der Waals surface area contributed by atoms with Gasteiger partial charge in [-0.2, -0.15) is 0 Å². The Morgan fingerprint density at radius 2 is 1.72 bits per heavy atom. The number of rotatable bonds is 6. The topological polar surface area (TPSA) is 60.9 Å². The number of amides is 2. The van der Waals surface area contributed by atoms with Crippen molar-refractivity contribution < 1.29 is 14.7 Å². The van der Waals surface area contributed by atoms with Crippen LogP contribution in [0.4, 0.5) is 0 Å². The average Bonchev–Trinajstić information content (AvgIpc) is 2.56. The molecule has 0 atom stereocenters. The van der Waals surface area contributed by atoms with Crippen LogP contribution in [0.2, 0.25) is 0 Å². The van der Waals surface area contributed by atoms with Crippen LogP contribution in [-0.2, 0) is 22.4 Å². The molecule has 25 heavy (non-hydrogen) atoms. The van der Waals surface area contributed by atoms with Gasteiger partial charge in [-0.1, -0.05) is 38.1 Å². The van der Waals surface area contributed by atoms with Crippen molar-refractivity contribution in [3.05, 3.63) is 35.4 Å². The van der Waals surface area contributed by atoms with Crippen LogP contribution in [0, 0.1) is 5.92 Å². The van der Waals surface area contributed by atoms with Crippen molar-refractivity contribution in [3.63, 3.8) is 0 Å². The first-order valence-electron chi connectivity index (χ1n) is 9.12. The van der Waals surface area contributed by atoms with Crippen LogP contribution in [0.1, 0.15) is 37.8 Å². The van der Waals surface area contributed by atoms with Gasteiger partial charge >= 0.3 is 0 Å². The third-order valence-electron chi connectivity index (χ3n) is 4.64. The predicted octanol–water partition coefficient (Wildman–Crippen LogP) is 1.87. The van der Waals surface area contributed by atoms with Crippen LogP contribution in [0.5, 0.6) is 0 Å². The van der Waals surface area contributed by atoms with E-state index in [4.69, 9.17) is 0 Å². The Kier molecular flexibility index (Phi) is 7.00. The van der Waals surface area contributed by atoms with Gasteiger partial charge in [-0.15, -0.1) is 0 Å². The maximum absolute atomic E-state index is 12.4. The lowest BCUT2D eigenvalue weighted by Crippen LogP contribution is -2.45. The van der Waals surface area contributed by atoms with Gasteiger partial charge in [-0.05, 0) is 36.3 Å². The quantitative estimate of drug-likeness (QED) is 0.855. The molecule has 1 saturated heterocycles. The van der Waals surface area contributed by atoms with Gasteiger partial charge in [0.1, 0.15) is 0 Å². The number of benzene rings is 1. The van der Waals surface area contributed by atoms with Crippen molar-refractivity contribution in [3.8, 4) is 0 Å². The highest BCUT2D eigenvalue weighted by Crippen LogP contribution is 2.12. The zero-order valence-electron chi connectivity index (χ0n) is 15.6. The molecule has 0 aromatic heterocycles. The fourth-order valence-corrected chi connectivity index (χ4v) is 3.08. The fourth-order valence-electron chi connectivity index (χ4n) is 3.08. The molecule has 0 radical (unpaired) electrons. The highest BCUT2D eigenvalue weighted by atomic mass is 16.3. The number of aliphatic hydroxyl groups is 1. The van der Waals surface area contributed by atoms with Gasteiger partial charge in [0.2, 0.25) is 11.8 Å². The molecule has 0 saturated carbocycles. The molecule has 1 aliphatic rings. The Bertz CT molecular complexity index is 575. The van der Waals surface area contributed by atoms with Crippen molar-refractivity contribution in [2.24, 2.45) is 5.92 Å². The number of aliphatic hydroxyl groups excluding tert-OH is 1. The van der Waals surface area contributed by atoms with Crippen LogP contribution in [-0.4, -0.2) is 59.5 Å². The molecule has 0 unspecified atom stereocenters. The number of carbonyl (C=O) groups is 2. The monoisotopic (exact) mass is 346 g/mol. The van der Waals surface area contributed by atoms with Crippen LogP contribution in [0.25, 0.3) is 0 Å². The molecule has 0 spiro atoms. The second-order valence-electron chi connectivity index (χ2n) is 7.45. The predicted molar refractivity (Wildman–Crippen MR) is 98.1 cm³/mol. The molecule has 2 rings (SSSR count). The Labute approximate surface area is 150 Å². The normalized spacial score (nSPS) is 15.5. The molecule has 5 heteroatoms. The summed E-state index contributed by atoms with van der Waals surface area (Å²) in [5.74, 6) is 0.512. The van der Waals surface area contributed by atoms with Crippen molar-refractivity contribution in [1.82, 2.24) is 9.80 Å². The summed E-state index contributed by atoms with van der Waals surface area (Å²) in [4.78, 5) is 27.9. The lowest BCUT2D eigenvalue weighted by atomic mass is 10.0. The first-order chi connectivity index (χ1) is 11.8. The minimum absolute atomic E-state index is 0.0463. The minimum atomic E-state index is -0.304. The van der Waals surface area contributed by atoms with Gasteiger partial charge in [0, 0.05) is 20.1 Å². The third-order valence-corrected chi connectivity index (χ3v) is 4.64. The number of nitrogens with zero attached hydrogens (tertiary/aromatic N) is 2. The average molecular weight is 346 g/mol. The summed E-state index contributed by atoms with van der Waals surface area (Å²) in [6.07, 6.45) is 2.28. The van der Waals surface area contributed by atoms with Crippen LogP contribution in [0.3, 0.4) is 0 Å². The minimum Gasteiger partial charge on any atom is -0.393 e. The first-order valence-corrected chi connectivity index (χ1v) is 9.12. The Hall–Kier alpha value is -1.88. The van der Waals surface area contributed by atoms with Crippen LogP contribution < -0.4 is 0 Å². The molecule has 1 aromatic carbocycles. The molecule has 1 aromatic rings. The second-order valence-corrected chi connectivity index (χ2v) is 7.45. The van der Waals surface area contributed by atoms with Gasteiger partial charge in [-0.25, -0.2) is 0 Å². The summed E-state index contributed by atoms with van der Waals surface area (Å²) in [5.41, 5.74) is 2.25. The highest BCUT2D eigenvalue weighted by Gasteiger charge is 2.23. The summed E-state index contributed by atoms with van der Waals surface area (Å²) in [6, 6.07) is 8.15. The van der Waals surface area contributed by atoms with E-state index >= 15 is 0 Å². The summed E-state index contributed by atoms with van der Waals surface area (Å²) in [7, 11) is 1.67. The highest BCUT2D eigenvalue weighted by molar-refractivity contribution is 5.85. The van der Waals surface area contributed by atoms with E-state index in [1.165, 1.54) is 10.5 Å². The maximum Gasteiger partial charge on any atom is 0.242 e. The molecule has 138 valence electrons. The van der Waals surface area contributed by atoms with Gasteiger partial charge < -0.3 is 14.9 Å². The lowest BCUT2D eigenvalue weighted by Gasteiger charge is -2.31. The molecular weight excluding hydrogens is 316 g/mol. The lowest BCUT2D eigenvalue weighted by molar-refractivity contribution is -0.140. The largest absolute Gasteiger partial charge is 0.393 e. The van der Waals surface area contributed by atoms with Crippen LogP contribution >= 0.6 is 0 Å². The van der Waals surface area contributed by atoms with E-state index in [1.807, 2.05) is 12.1 Å². The first kappa shape index (κ1) is 19.4. The smallest absolute Gasteiger partial charge is 0.242 e. The Balaban J connectivity index is 1.82. The Morgan fingerprint density at radius 1 is 1.16 bits per heavy atom. The third kappa shape index (κ3) is 6.16. The molecule has 0 aliphatic carbocycles. The summed E-state index contributed by atoms with van der Waals surface area (Å²) in [5, 5.41) is 9.51. The number of likely N-dealkylation sites (N-methyl/N-ethyl adjacent to an activating group) is 1. The number of carbonyl (C=O) groups excluding carboxylic acids is 2. The van der Waals surface area contributed by atoms with E-state index < -0.39 is 0 Å². The van der Waals surface area contributed by atoms with E-state index in [-0.39, 0.29) is 24.5 Å². The number of piperidine rings is 1. The molecular formula is C20H30N2O3. The van der Waals surface area contributed by atoms with Gasteiger partial charge in [0.25, 0.3) is 0 Å². The van der Waals surface area contributed by atoms with Gasteiger partial charge in [-0.3, -0.25) is 9.59 Å². The molecule has 1 fully saturated rings. The van der Waals surface area contributed by atoms with E-state index in [2.05, 4.69) is 26.0 Å². The maximum atomic E-state index is 12.4. The SMILES string of the molecule is CC(C)Cc1ccc(CC(=O)N(C)CC(=O)N2CCC(O)CC2)cc1. The zero-order valence-corrected chi connectivity index (χ0v) is 15.6. The number of hydrogen-bond donors (Lipinski definition) is 1. The Morgan fingerprint density at radius 3 is 2.28 bits per heavy atom. The van der Waals surface area contributed by atoms with Crippen molar-refractivity contribution in [1.29, 1.82) is 0 Å². The summed E-state index contributed by atoms with van der Waals surface area (Å²) < 4.78 is 0. The van der Waals surface area contributed by atoms with E-state index in [0.29, 0.717) is 38.3 Å². The molecule has 2 amide bonds. The van der Waals surface area contributed by atoms with Crippen molar-refractivity contribution in [2.45, 2.75) is 45.6 Å². The second kappa shape index (κ2) is 8.99. The molecule has 0 bridgehead atoms. The van der Waals surface area contributed by atoms with E-state index in [0.717, 1.165) is 12.0 Å². The van der Waals surface area contributed by atoms with Crippen molar-refractivity contribution in [2.75, 3.05) is 26.7 Å². The molecule has 1 aliphatic heterocycles. The molecule has 1 N–H and O–H groups in total. The number of likely N-dealkylation sites (tertiary alicyclic amines) is 1. The summed E-state index contributed by atoms with van der Waals surface area (Å²) in [6.45, 7) is 5.61. The van der Waals surface area contributed by atoms with E-state index in [9.17, 15) is 14.7 Å². The van der Waals surface area contributed by atoms with Crippen LogP contribution in [0.15, 0.2) is 24.3 Å². The van der Waals surface area contributed by atoms with Gasteiger partial charge in [0.05, 0.1) is 19.1 Å². The van der Waals surface area contributed by atoms with Crippen molar-refractivity contribution >= 4 is 11.8 Å². The standard InChI is InChI=1S/C20H30N2O3/c1-15(2)12-16-4-6-17(7-5-16)13-19(24)21(3)14-20(25)22-10-8-18(23)9-11-22/h4-7,15,18,23H,8-14H2,1-3H3.